The highest BCUT2D eigenvalue weighted by atomic mass is 16.5. The molecule has 3 N–H and O–H groups in total. The van der Waals surface area contributed by atoms with E-state index in [-0.39, 0.29) is 0 Å². The van der Waals surface area contributed by atoms with Crippen molar-refractivity contribution >= 4 is 16.8 Å². The maximum absolute atomic E-state index is 5.39. The monoisotopic (exact) mass is 191 g/mol. The summed E-state index contributed by atoms with van der Waals surface area (Å²) >= 11 is 0. The molecule has 1 heterocycles. The van der Waals surface area contributed by atoms with Gasteiger partial charge < -0.3 is 15.6 Å². The molecule has 0 atom stereocenters. The van der Waals surface area contributed by atoms with E-state index in [2.05, 4.69) is 10.5 Å². The normalized spacial score (nSPS) is 10.7. The second-order valence-corrected chi connectivity index (χ2v) is 3.20. The van der Waals surface area contributed by atoms with Crippen molar-refractivity contribution in [1.82, 2.24) is 5.16 Å². The molecule has 74 valence electrons. The first-order valence-corrected chi connectivity index (χ1v) is 4.62. The average Bonchev–Trinajstić information content (AvgIpc) is 2.60. The number of benzene rings is 1. The van der Waals surface area contributed by atoms with Gasteiger partial charge in [-0.15, -0.1) is 0 Å². The SMILES string of the molecule is Cc1cccc2c(NCCN)onc12. The van der Waals surface area contributed by atoms with E-state index in [1.807, 2.05) is 25.1 Å². The summed E-state index contributed by atoms with van der Waals surface area (Å²) < 4.78 is 5.18. The minimum absolute atomic E-state index is 0.577. The van der Waals surface area contributed by atoms with Crippen LogP contribution in [0.15, 0.2) is 22.7 Å². The van der Waals surface area contributed by atoms with Crippen LogP contribution in [-0.4, -0.2) is 18.2 Å². The van der Waals surface area contributed by atoms with E-state index in [9.17, 15) is 0 Å². The topological polar surface area (TPSA) is 64.1 Å². The van der Waals surface area contributed by atoms with E-state index in [1.54, 1.807) is 0 Å². The van der Waals surface area contributed by atoms with Crippen LogP contribution in [0.5, 0.6) is 0 Å². The van der Waals surface area contributed by atoms with Crippen molar-refractivity contribution in [2.24, 2.45) is 5.73 Å². The molecule has 2 rings (SSSR count). The summed E-state index contributed by atoms with van der Waals surface area (Å²) in [5.41, 5.74) is 7.42. The number of hydrogen-bond acceptors (Lipinski definition) is 4. The predicted octanol–water partition coefficient (Wildman–Crippen LogP) is 1.51. The molecule has 2 aromatic rings. The summed E-state index contributed by atoms with van der Waals surface area (Å²) in [6.07, 6.45) is 0. The molecule has 0 aliphatic heterocycles. The van der Waals surface area contributed by atoms with Crippen molar-refractivity contribution in [3.05, 3.63) is 23.8 Å². The fourth-order valence-corrected chi connectivity index (χ4v) is 1.42. The number of nitrogens with zero attached hydrogens (tertiary/aromatic N) is 1. The minimum Gasteiger partial charge on any atom is -0.352 e. The Hall–Kier alpha value is -1.55. The van der Waals surface area contributed by atoms with Crippen molar-refractivity contribution in [3.63, 3.8) is 0 Å². The van der Waals surface area contributed by atoms with Crippen LogP contribution in [0.25, 0.3) is 10.9 Å². The molecule has 14 heavy (non-hydrogen) atoms. The molecular weight excluding hydrogens is 178 g/mol. The fourth-order valence-electron chi connectivity index (χ4n) is 1.42. The third-order valence-corrected chi connectivity index (χ3v) is 2.14. The van der Waals surface area contributed by atoms with Gasteiger partial charge in [-0.25, -0.2) is 0 Å². The number of fused-ring (bicyclic) bond motifs is 1. The first kappa shape index (κ1) is 9.02. The molecule has 0 aliphatic rings. The van der Waals surface area contributed by atoms with Gasteiger partial charge in [0, 0.05) is 13.1 Å². The largest absolute Gasteiger partial charge is 0.352 e. The maximum atomic E-state index is 5.39. The Labute approximate surface area is 82.1 Å². The number of nitrogens with two attached hydrogens (primary N) is 1. The average molecular weight is 191 g/mol. The molecule has 1 aromatic heterocycles. The van der Waals surface area contributed by atoms with Crippen LogP contribution in [0.2, 0.25) is 0 Å². The zero-order valence-electron chi connectivity index (χ0n) is 8.08. The summed E-state index contributed by atoms with van der Waals surface area (Å²) in [5.74, 6) is 0.703. The summed E-state index contributed by atoms with van der Waals surface area (Å²) in [5, 5.41) is 8.10. The molecule has 0 amide bonds. The standard InChI is InChI=1S/C10H13N3O/c1-7-3-2-4-8-9(7)13-14-10(8)12-6-5-11/h2-4,12H,5-6,11H2,1H3. The van der Waals surface area contributed by atoms with Gasteiger partial charge in [0.2, 0.25) is 5.88 Å². The number of nitrogens with one attached hydrogen (secondary N) is 1. The minimum atomic E-state index is 0.577. The fraction of sp³-hybridized carbons (Fsp3) is 0.300. The van der Waals surface area contributed by atoms with E-state index in [0.717, 1.165) is 16.5 Å². The Kier molecular flexibility index (Phi) is 2.37. The lowest BCUT2D eigenvalue weighted by atomic mass is 10.1. The van der Waals surface area contributed by atoms with Gasteiger partial charge in [-0.1, -0.05) is 17.3 Å². The van der Waals surface area contributed by atoms with Crippen LogP contribution < -0.4 is 11.1 Å². The van der Waals surface area contributed by atoms with Crippen molar-refractivity contribution in [2.75, 3.05) is 18.4 Å². The number of rotatable bonds is 3. The van der Waals surface area contributed by atoms with Gasteiger partial charge in [-0.2, -0.15) is 0 Å². The predicted molar refractivity (Wildman–Crippen MR) is 56.3 cm³/mol. The van der Waals surface area contributed by atoms with Crippen LogP contribution >= 0.6 is 0 Å². The summed E-state index contributed by atoms with van der Waals surface area (Å²) in [6.45, 7) is 3.28. The number of aryl methyl sites for hydroxylation is 1. The van der Waals surface area contributed by atoms with E-state index in [4.69, 9.17) is 10.3 Å². The molecule has 0 fully saturated rings. The third-order valence-electron chi connectivity index (χ3n) is 2.14. The van der Waals surface area contributed by atoms with Crippen LogP contribution in [0, 0.1) is 6.92 Å². The van der Waals surface area contributed by atoms with E-state index >= 15 is 0 Å². The Bertz CT molecular complexity index is 436. The molecule has 0 unspecified atom stereocenters. The van der Waals surface area contributed by atoms with Crippen LogP contribution in [0.4, 0.5) is 5.88 Å². The zero-order valence-corrected chi connectivity index (χ0v) is 8.08. The highest BCUT2D eigenvalue weighted by Crippen LogP contribution is 2.24. The van der Waals surface area contributed by atoms with Gasteiger partial charge in [0.05, 0.1) is 5.39 Å². The van der Waals surface area contributed by atoms with Crippen LogP contribution in [0.1, 0.15) is 5.56 Å². The van der Waals surface area contributed by atoms with E-state index in [0.29, 0.717) is 19.0 Å². The van der Waals surface area contributed by atoms with Crippen molar-refractivity contribution < 1.29 is 4.52 Å². The first-order chi connectivity index (χ1) is 6.83. The van der Waals surface area contributed by atoms with Gasteiger partial charge in [0.15, 0.2) is 0 Å². The molecule has 1 aromatic carbocycles. The molecule has 0 saturated heterocycles. The second-order valence-electron chi connectivity index (χ2n) is 3.20. The highest BCUT2D eigenvalue weighted by Gasteiger charge is 2.07. The highest BCUT2D eigenvalue weighted by molar-refractivity contribution is 5.90. The first-order valence-electron chi connectivity index (χ1n) is 4.62. The number of hydrogen-bond donors (Lipinski definition) is 2. The van der Waals surface area contributed by atoms with Gasteiger partial charge in [-0.3, -0.25) is 0 Å². The summed E-state index contributed by atoms with van der Waals surface area (Å²) in [6, 6.07) is 5.98. The van der Waals surface area contributed by atoms with Crippen LogP contribution in [-0.2, 0) is 0 Å². The molecule has 0 radical (unpaired) electrons. The second kappa shape index (κ2) is 3.67. The van der Waals surface area contributed by atoms with Crippen molar-refractivity contribution in [2.45, 2.75) is 6.92 Å². The van der Waals surface area contributed by atoms with Crippen molar-refractivity contribution in [1.29, 1.82) is 0 Å². The maximum Gasteiger partial charge on any atom is 0.232 e. The molecule has 0 bridgehead atoms. The van der Waals surface area contributed by atoms with Gasteiger partial charge in [-0.05, 0) is 18.6 Å². The lowest BCUT2D eigenvalue weighted by molar-refractivity contribution is 0.440. The molecule has 0 saturated carbocycles. The molecule has 4 nitrogen and oxygen atoms in total. The van der Waals surface area contributed by atoms with E-state index < -0.39 is 0 Å². The molecular formula is C10H13N3O. The summed E-state index contributed by atoms with van der Waals surface area (Å²) in [7, 11) is 0. The Morgan fingerprint density at radius 3 is 3.14 bits per heavy atom. The quantitative estimate of drug-likeness (QED) is 0.771. The van der Waals surface area contributed by atoms with Crippen molar-refractivity contribution in [3.8, 4) is 0 Å². The molecule has 0 aliphatic carbocycles. The summed E-state index contributed by atoms with van der Waals surface area (Å²) in [4.78, 5) is 0. The molecule has 0 spiro atoms. The van der Waals surface area contributed by atoms with Gasteiger partial charge in [0.25, 0.3) is 0 Å². The zero-order chi connectivity index (χ0) is 9.97. The smallest absolute Gasteiger partial charge is 0.232 e. The van der Waals surface area contributed by atoms with E-state index in [1.165, 1.54) is 0 Å². The van der Waals surface area contributed by atoms with Gasteiger partial charge in [0.1, 0.15) is 5.52 Å². The van der Waals surface area contributed by atoms with Crippen LogP contribution in [0.3, 0.4) is 0 Å². The molecule has 4 heteroatoms. The Morgan fingerprint density at radius 1 is 1.50 bits per heavy atom. The number of anilines is 1. The Balaban J connectivity index is 2.42. The lowest BCUT2D eigenvalue weighted by Gasteiger charge is -1.98. The third kappa shape index (κ3) is 1.44. The van der Waals surface area contributed by atoms with Gasteiger partial charge >= 0.3 is 0 Å². The number of aromatic nitrogens is 1. The Morgan fingerprint density at radius 2 is 2.36 bits per heavy atom. The lowest BCUT2D eigenvalue weighted by Crippen LogP contribution is -2.12.